The Balaban J connectivity index is 0.000000292. The Morgan fingerprint density at radius 3 is 1.97 bits per heavy atom. The first kappa shape index (κ1) is 31.3. The number of aliphatic hydroxyl groups is 1. The maximum atomic E-state index is 13.3. The molecule has 0 bridgehead atoms. The van der Waals surface area contributed by atoms with Crippen LogP contribution in [-0.2, 0) is 38.0 Å². The molecule has 0 saturated carbocycles. The van der Waals surface area contributed by atoms with Crippen molar-refractivity contribution in [3.05, 3.63) is 127 Å². The summed E-state index contributed by atoms with van der Waals surface area (Å²) in [6.45, 7) is 3.39. The molecule has 2 aromatic heterocycles. The van der Waals surface area contributed by atoms with Crippen LogP contribution in [0, 0.1) is 42.4 Å². The van der Waals surface area contributed by atoms with Crippen molar-refractivity contribution in [1.29, 1.82) is 0 Å². The predicted molar refractivity (Wildman–Crippen MR) is 123 cm³/mol. The van der Waals surface area contributed by atoms with E-state index in [0.717, 1.165) is 24.3 Å². The van der Waals surface area contributed by atoms with Gasteiger partial charge in [-0.1, -0.05) is 6.07 Å². The van der Waals surface area contributed by atoms with Gasteiger partial charge in [0.1, 0.15) is 0 Å². The molecule has 0 radical (unpaired) electrons. The molecule has 1 N–H and O–H groups in total. The van der Waals surface area contributed by atoms with Gasteiger partial charge in [0, 0.05) is 61.5 Å². The first-order valence-electron chi connectivity index (χ1n) is 10.5. The third-order valence-corrected chi connectivity index (χ3v) is 4.33. The second-order valence-corrected chi connectivity index (χ2v) is 7.42. The Bertz CT molecular complexity index is 1300. The zero-order valence-electron chi connectivity index (χ0n) is 20.0. The summed E-state index contributed by atoms with van der Waals surface area (Å²) in [6, 6.07) is 12.5. The molecule has 2 aromatic carbocycles. The number of carbonyl (C=O) groups excluding carboxylic acids is 1. The number of aliphatic hydroxyl groups excluding tert-OH is 1. The molecule has 37 heavy (non-hydrogen) atoms. The molecule has 0 fully saturated rings. The van der Waals surface area contributed by atoms with Crippen LogP contribution in [0.15, 0.2) is 73.0 Å². The molecular formula is C26H24F4IrN4O2+. The van der Waals surface area contributed by atoms with Gasteiger partial charge in [0.15, 0.2) is 5.78 Å². The zero-order valence-corrected chi connectivity index (χ0v) is 22.4. The van der Waals surface area contributed by atoms with E-state index in [2.05, 4.69) is 24.3 Å². The fourth-order valence-electron chi connectivity index (χ4n) is 2.76. The van der Waals surface area contributed by atoms with E-state index in [9.17, 15) is 22.4 Å². The van der Waals surface area contributed by atoms with Crippen molar-refractivity contribution in [2.24, 2.45) is 0 Å². The molecule has 196 valence electrons. The van der Waals surface area contributed by atoms with Crippen LogP contribution in [0.1, 0.15) is 25.0 Å². The van der Waals surface area contributed by atoms with Crippen molar-refractivity contribution in [3.8, 4) is 0 Å². The summed E-state index contributed by atoms with van der Waals surface area (Å²) in [6.07, 6.45) is 7.96. The van der Waals surface area contributed by atoms with Gasteiger partial charge in [0.25, 0.3) is 0 Å². The van der Waals surface area contributed by atoms with Crippen molar-refractivity contribution in [2.75, 3.05) is 0 Å². The summed E-state index contributed by atoms with van der Waals surface area (Å²) in [5.74, 6) is -2.49. The molecule has 0 saturated heterocycles. The Kier molecular flexibility index (Phi) is 13.1. The van der Waals surface area contributed by atoms with E-state index >= 15 is 0 Å². The molecule has 0 amide bonds. The Labute approximate surface area is 225 Å². The van der Waals surface area contributed by atoms with Crippen molar-refractivity contribution in [1.82, 2.24) is 14.5 Å². The quantitative estimate of drug-likeness (QED) is 0.110. The molecular weight excluding hydrogens is 669 g/mol. The molecule has 0 aliphatic heterocycles. The van der Waals surface area contributed by atoms with Gasteiger partial charge < -0.3 is 5.11 Å². The average Bonchev–Trinajstić information content (AvgIpc) is 3.44. The maximum Gasteiger partial charge on any atom is 3.00 e. The van der Waals surface area contributed by atoms with Gasteiger partial charge in [-0.25, -0.2) is 4.68 Å². The monoisotopic (exact) mass is 693 g/mol. The van der Waals surface area contributed by atoms with Crippen molar-refractivity contribution in [2.45, 2.75) is 26.9 Å². The summed E-state index contributed by atoms with van der Waals surface area (Å²) in [7, 11) is 3.69. The number of halogens is 4. The van der Waals surface area contributed by atoms with Crippen LogP contribution in [0.25, 0.3) is 0 Å². The van der Waals surface area contributed by atoms with E-state index < -0.39 is 23.3 Å². The normalized spacial score (nSPS) is 10.4. The van der Waals surface area contributed by atoms with Crippen LogP contribution in [0.2, 0.25) is 0 Å². The SMILES string of the molecule is CC(=O)C=C(C)O.Fc1c[c-]c(Cn2cccn2)c(F)c1.[CH2-][n+]1cccn1Cc1[c-]cc(F)cc1F.[Ir+3]. The number of carbonyl (C=O) groups is 1. The average molecular weight is 693 g/mol. The minimum absolute atomic E-state index is 0. The van der Waals surface area contributed by atoms with Gasteiger partial charge in [-0.3, -0.25) is 27.0 Å². The number of aromatic nitrogens is 4. The number of hydrogen-bond donors (Lipinski definition) is 1. The predicted octanol–water partition coefficient (Wildman–Crippen LogP) is 4.59. The number of rotatable bonds is 5. The maximum absolute atomic E-state index is 13.3. The molecule has 0 spiro atoms. The molecule has 0 atom stereocenters. The van der Waals surface area contributed by atoms with Crippen LogP contribution >= 0.6 is 0 Å². The number of ketones is 1. The van der Waals surface area contributed by atoms with Gasteiger partial charge >= 0.3 is 20.1 Å². The molecule has 11 heteroatoms. The summed E-state index contributed by atoms with van der Waals surface area (Å²) in [4.78, 5) is 10.0. The van der Waals surface area contributed by atoms with Crippen LogP contribution in [-0.4, -0.2) is 25.4 Å². The Morgan fingerprint density at radius 1 is 1.03 bits per heavy atom. The third kappa shape index (κ3) is 11.3. The molecule has 6 nitrogen and oxygen atoms in total. The fraction of sp³-hybridized carbons (Fsp3) is 0.154. The summed E-state index contributed by atoms with van der Waals surface area (Å²) in [5.41, 5.74) is 0.611. The summed E-state index contributed by atoms with van der Waals surface area (Å²) in [5, 5.41) is 12.3. The van der Waals surface area contributed by atoms with Gasteiger partial charge in [0.05, 0.1) is 18.5 Å². The fourth-order valence-corrected chi connectivity index (χ4v) is 2.76. The van der Waals surface area contributed by atoms with Crippen LogP contribution < -0.4 is 4.68 Å². The minimum atomic E-state index is -0.619. The van der Waals surface area contributed by atoms with E-state index in [1.54, 1.807) is 51.0 Å². The topological polar surface area (TPSA) is 63.9 Å². The largest absolute Gasteiger partial charge is 3.00 e. The van der Waals surface area contributed by atoms with Gasteiger partial charge in [-0.05, 0) is 19.9 Å². The Morgan fingerprint density at radius 2 is 1.59 bits per heavy atom. The standard InChI is InChI=1S/C11H9F2N2.C10H7F2N2.C5H8O2.Ir/c1-14-5-2-6-15(14)8-9-3-4-10(12)7-11(9)13;11-9-3-2-8(10(12)6-9)7-14-5-1-4-13-14;1-4(6)3-5(2)7;/h2,4-7H,1,8H2;1,3-6H,7H2;3,6H,1-2H3;/q2*-1;;+3. The second kappa shape index (κ2) is 15.4. The second-order valence-electron chi connectivity index (χ2n) is 7.42. The first-order valence-corrected chi connectivity index (χ1v) is 10.5. The molecule has 2 heterocycles. The van der Waals surface area contributed by atoms with Crippen molar-refractivity contribution >= 4 is 5.78 Å². The van der Waals surface area contributed by atoms with E-state index in [0.29, 0.717) is 11.1 Å². The molecule has 4 rings (SSSR count). The minimum Gasteiger partial charge on any atom is -0.512 e. The van der Waals surface area contributed by atoms with Crippen LogP contribution in [0.4, 0.5) is 17.6 Å². The van der Waals surface area contributed by atoms with Gasteiger partial charge in [-0.15, -0.1) is 35.4 Å². The zero-order chi connectivity index (χ0) is 26.7. The third-order valence-electron chi connectivity index (χ3n) is 4.33. The van der Waals surface area contributed by atoms with Crippen LogP contribution in [0.5, 0.6) is 0 Å². The van der Waals surface area contributed by atoms with Gasteiger partial charge in [-0.2, -0.15) is 21.9 Å². The number of benzene rings is 2. The van der Waals surface area contributed by atoms with Gasteiger partial charge in [0.2, 0.25) is 0 Å². The van der Waals surface area contributed by atoms with E-state index in [4.69, 9.17) is 5.11 Å². The van der Waals surface area contributed by atoms with E-state index in [1.807, 2.05) is 0 Å². The smallest absolute Gasteiger partial charge is 0.512 e. The number of nitrogens with zero attached hydrogens (tertiary/aromatic N) is 4. The Hall–Kier alpha value is -3.69. The van der Waals surface area contributed by atoms with E-state index in [1.165, 1.54) is 19.9 Å². The van der Waals surface area contributed by atoms with E-state index in [-0.39, 0.29) is 44.7 Å². The molecule has 0 aliphatic rings. The van der Waals surface area contributed by atoms with Crippen molar-refractivity contribution in [3.63, 3.8) is 0 Å². The molecule has 4 aromatic rings. The van der Waals surface area contributed by atoms with Crippen molar-refractivity contribution < 1.29 is 52.2 Å². The number of allylic oxidation sites excluding steroid dienone is 2. The van der Waals surface area contributed by atoms with Crippen LogP contribution in [0.3, 0.4) is 0 Å². The first-order chi connectivity index (χ1) is 17.0. The number of hydrogen-bond acceptors (Lipinski definition) is 3. The molecule has 0 unspecified atom stereocenters. The summed E-state index contributed by atoms with van der Waals surface area (Å²) >= 11 is 0. The summed E-state index contributed by atoms with van der Waals surface area (Å²) < 4.78 is 56.3. The molecule has 0 aliphatic carbocycles.